The number of unbranched alkanes of at least 4 members (excludes halogenated alkanes) is 1. The molecule has 0 heteroatoms. The molecule has 0 amide bonds. The maximum Gasteiger partial charge on any atom is -0.0105 e. The Balaban J connectivity index is 2.02. The third-order valence-corrected chi connectivity index (χ3v) is 3.61. The summed E-state index contributed by atoms with van der Waals surface area (Å²) in [7, 11) is 0. The van der Waals surface area contributed by atoms with E-state index in [2.05, 4.69) is 32.9 Å². The van der Waals surface area contributed by atoms with Gasteiger partial charge >= 0.3 is 0 Å². The predicted octanol–water partition coefficient (Wildman–Crippen LogP) is 3.95. The van der Waals surface area contributed by atoms with E-state index in [9.17, 15) is 0 Å². The fourth-order valence-corrected chi connectivity index (χ4v) is 2.69. The van der Waals surface area contributed by atoms with E-state index in [1.807, 2.05) is 0 Å². The summed E-state index contributed by atoms with van der Waals surface area (Å²) >= 11 is 0. The maximum absolute atomic E-state index is 2.53. The van der Waals surface area contributed by atoms with Crippen LogP contribution in [-0.2, 0) is 0 Å². The number of fused-ring (bicyclic) bond motifs is 1. The highest BCUT2D eigenvalue weighted by atomic mass is 14.5. The number of hydrogen-bond acceptors (Lipinski definition) is 0. The minimum Gasteiger partial charge on any atom is -0.0773 e. The third kappa shape index (κ3) is 1.59. The first kappa shape index (κ1) is 9.05. The monoisotopic (exact) mass is 176 g/mol. The molecule has 0 nitrogen and oxygen atoms in total. The van der Waals surface area contributed by atoms with Crippen molar-refractivity contribution in [2.24, 2.45) is 17.8 Å². The molecule has 0 aromatic rings. The molecule has 2 aliphatic rings. The quantitative estimate of drug-likeness (QED) is 0.611. The largest absolute Gasteiger partial charge is 0.0773 e. The van der Waals surface area contributed by atoms with E-state index in [0.717, 1.165) is 17.8 Å². The average molecular weight is 176 g/mol. The molecule has 1 fully saturated rings. The van der Waals surface area contributed by atoms with Crippen molar-refractivity contribution in [1.29, 1.82) is 0 Å². The summed E-state index contributed by atoms with van der Waals surface area (Å²) in [6.45, 7) is 6.95. The van der Waals surface area contributed by atoms with Crippen LogP contribution in [0, 0.1) is 17.8 Å². The second-order valence-corrected chi connectivity index (χ2v) is 4.70. The first-order valence-electron chi connectivity index (χ1n) is 5.63. The van der Waals surface area contributed by atoms with Crippen LogP contribution >= 0.6 is 0 Å². The van der Waals surface area contributed by atoms with Crippen molar-refractivity contribution >= 4 is 0 Å². The van der Waals surface area contributed by atoms with E-state index in [1.165, 1.54) is 19.3 Å². The maximum atomic E-state index is 2.53. The molecule has 0 radical (unpaired) electrons. The Labute approximate surface area is 81.7 Å². The van der Waals surface area contributed by atoms with Crippen molar-refractivity contribution in [2.45, 2.75) is 40.0 Å². The lowest BCUT2D eigenvalue weighted by atomic mass is 9.97. The number of rotatable bonds is 3. The second-order valence-electron chi connectivity index (χ2n) is 4.70. The molecule has 2 aliphatic carbocycles. The van der Waals surface area contributed by atoms with Gasteiger partial charge in [0.2, 0.25) is 0 Å². The zero-order valence-electron chi connectivity index (χ0n) is 9.01. The zero-order chi connectivity index (χ0) is 9.42. The van der Waals surface area contributed by atoms with Gasteiger partial charge in [-0.15, -0.1) is 0 Å². The molecule has 0 bridgehead atoms. The van der Waals surface area contributed by atoms with Crippen LogP contribution in [-0.4, -0.2) is 0 Å². The van der Waals surface area contributed by atoms with Crippen molar-refractivity contribution in [1.82, 2.24) is 0 Å². The van der Waals surface area contributed by atoms with Crippen molar-refractivity contribution in [3.05, 3.63) is 23.3 Å². The highest BCUT2D eigenvalue weighted by Gasteiger charge is 2.47. The zero-order valence-corrected chi connectivity index (χ0v) is 9.01. The van der Waals surface area contributed by atoms with Crippen LogP contribution in [0.4, 0.5) is 0 Å². The molecule has 13 heavy (non-hydrogen) atoms. The molecule has 0 aliphatic heterocycles. The number of hydrogen-bond donors (Lipinski definition) is 0. The van der Waals surface area contributed by atoms with Crippen LogP contribution in [0.25, 0.3) is 0 Å². The van der Waals surface area contributed by atoms with Crippen LogP contribution in [0.15, 0.2) is 23.3 Å². The first-order valence-corrected chi connectivity index (χ1v) is 5.63. The molecule has 3 unspecified atom stereocenters. The average Bonchev–Trinajstić information content (AvgIpc) is 2.74. The van der Waals surface area contributed by atoms with Crippen molar-refractivity contribution < 1.29 is 0 Å². The molecule has 0 spiro atoms. The molecule has 1 saturated carbocycles. The highest BCUT2D eigenvalue weighted by Crippen LogP contribution is 2.54. The van der Waals surface area contributed by atoms with Crippen LogP contribution < -0.4 is 0 Å². The van der Waals surface area contributed by atoms with Crippen LogP contribution in [0.1, 0.15) is 40.0 Å². The molecule has 0 saturated heterocycles. The molecule has 0 N–H and O–H groups in total. The minimum atomic E-state index is 0.900. The van der Waals surface area contributed by atoms with Gasteiger partial charge in [-0.2, -0.15) is 0 Å². The Morgan fingerprint density at radius 1 is 1.38 bits per heavy atom. The van der Waals surface area contributed by atoms with E-state index in [4.69, 9.17) is 0 Å². The summed E-state index contributed by atoms with van der Waals surface area (Å²) in [4.78, 5) is 0. The Bertz CT molecular complexity index is 257. The van der Waals surface area contributed by atoms with E-state index in [1.54, 1.807) is 11.1 Å². The van der Waals surface area contributed by atoms with Gasteiger partial charge < -0.3 is 0 Å². The SMILES string of the molecule is CCCCC1=CC2C(C)C2C(C)=C1. The van der Waals surface area contributed by atoms with E-state index in [-0.39, 0.29) is 0 Å². The summed E-state index contributed by atoms with van der Waals surface area (Å²) in [6, 6.07) is 0. The van der Waals surface area contributed by atoms with Gasteiger partial charge in [-0.1, -0.05) is 43.6 Å². The molecule has 3 atom stereocenters. The van der Waals surface area contributed by atoms with Crippen LogP contribution in [0.2, 0.25) is 0 Å². The van der Waals surface area contributed by atoms with E-state index < -0.39 is 0 Å². The summed E-state index contributed by atoms with van der Waals surface area (Å²) in [5.74, 6) is 2.73. The first-order chi connectivity index (χ1) is 6.24. The molecular weight excluding hydrogens is 156 g/mol. The van der Waals surface area contributed by atoms with Gasteiger partial charge in [0.15, 0.2) is 0 Å². The van der Waals surface area contributed by atoms with E-state index >= 15 is 0 Å². The van der Waals surface area contributed by atoms with Crippen LogP contribution in [0.3, 0.4) is 0 Å². The molecule has 72 valence electrons. The van der Waals surface area contributed by atoms with Crippen molar-refractivity contribution in [2.75, 3.05) is 0 Å². The van der Waals surface area contributed by atoms with Gasteiger partial charge in [0.05, 0.1) is 0 Å². The summed E-state index contributed by atoms with van der Waals surface area (Å²) in [5, 5.41) is 0. The lowest BCUT2D eigenvalue weighted by molar-refractivity contribution is 0.778. The normalized spacial score (nSPS) is 36.4. The third-order valence-electron chi connectivity index (χ3n) is 3.61. The molecule has 0 aromatic heterocycles. The highest BCUT2D eigenvalue weighted by molar-refractivity contribution is 5.37. The van der Waals surface area contributed by atoms with Crippen molar-refractivity contribution in [3.63, 3.8) is 0 Å². The van der Waals surface area contributed by atoms with Crippen LogP contribution in [0.5, 0.6) is 0 Å². The molecular formula is C13H20. The second kappa shape index (κ2) is 3.32. The van der Waals surface area contributed by atoms with Crippen molar-refractivity contribution in [3.8, 4) is 0 Å². The Morgan fingerprint density at radius 2 is 2.15 bits per heavy atom. The Hall–Kier alpha value is -0.520. The van der Waals surface area contributed by atoms with Gasteiger partial charge in [-0.05, 0) is 37.5 Å². The fraction of sp³-hybridized carbons (Fsp3) is 0.692. The van der Waals surface area contributed by atoms with Gasteiger partial charge in [0, 0.05) is 0 Å². The Kier molecular flexibility index (Phi) is 2.31. The fourth-order valence-electron chi connectivity index (χ4n) is 2.69. The predicted molar refractivity (Wildman–Crippen MR) is 57.5 cm³/mol. The summed E-state index contributed by atoms with van der Waals surface area (Å²) < 4.78 is 0. The minimum absolute atomic E-state index is 0.900. The topological polar surface area (TPSA) is 0 Å². The van der Waals surface area contributed by atoms with E-state index in [0.29, 0.717) is 0 Å². The lowest BCUT2D eigenvalue weighted by Crippen LogP contribution is -1.93. The lowest BCUT2D eigenvalue weighted by Gasteiger charge is -2.09. The smallest absolute Gasteiger partial charge is 0.0105 e. The standard InChI is InChI=1S/C13H20/c1-4-5-6-11-7-9(2)13-10(3)12(13)8-11/h7-8,10,12-13H,4-6H2,1-3H3. The van der Waals surface area contributed by atoms with Gasteiger partial charge in [0.25, 0.3) is 0 Å². The van der Waals surface area contributed by atoms with Gasteiger partial charge in [-0.25, -0.2) is 0 Å². The van der Waals surface area contributed by atoms with Gasteiger partial charge in [0.1, 0.15) is 0 Å². The summed E-state index contributed by atoms with van der Waals surface area (Å²) in [6.07, 6.45) is 8.91. The van der Waals surface area contributed by atoms with Gasteiger partial charge in [-0.3, -0.25) is 0 Å². The molecule has 2 rings (SSSR count). The number of allylic oxidation sites excluding steroid dienone is 4. The molecule has 0 aromatic carbocycles. The molecule has 0 heterocycles. The summed E-state index contributed by atoms with van der Waals surface area (Å²) in [5.41, 5.74) is 3.23. The Morgan fingerprint density at radius 3 is 2.77 bits per heavy atom.